The minimum absolute atomic E-state index is 0. The molecule has 0 aliphatic carbocycles. The van der Waals surface area contributed by atoms with Crippen molar-refractivity contribution in [3.8, 4) is 0 Å². The van der Waals surface area contributed by atoms with Crippen molar-refractivity contribution in [3.05, 3.63) is 6.42 Å². The molecule has 0 rings (SSSR count). The molecular weight excluding hydrogens is 143 g/mol. The first kappa shape index (κ1) is 17.5. The summed E-state index contributed by atoms with van der Waals surface area (Å²) in [6, 6.07) is 0. The molecule has 11 heavy (non-hydrogen) atoms. The van der Waals surface area contributed by atoms with Gasteiger partial charge in [0.05, 0.1) is 6.42 Å². The molecule has 0 saturated heterocycles. The smallest absolute Gasteiger partial charge is 0.870 e. The van der Waals surface area contributed by atoms with Crippen LogP contribution >= 0.6 is 0 Å². The van der Waals surface area contributed by atoms with Crippen LogP contribution in [0.25, 0.3) is 0 Å². The van der Waals surface area contributed by atoms with Gasteiger partial charge in [0.15, 0.2) is 0 Å². The van der Waals surface area contributed by atoms with Crippen LogP contribution < -0.4 is 30.3 Å². The molecule has 0 aliphatic heterocycles. The molecule has 2 atom stereocenters. The molecule has 63 valence electrons. The Kier molecular flexibility index (Phi) is 8.13. The molecule has 0 amide bonds. The fraction of sp³-hybridized carbons (Fsp3) is 0.800. The van der Waals surface area contributed by atoms with Gasteiger partial charge in [0.1, 0.15) is 11.4 Å². The fourth-order valence-corrected chi connectivity index (χ4v) is 0.592. The topological polar surface area (TPSA) is 122 Å². The zero-order valence-corrected chi connectivity index (χ0v) is 7.07. The van der Waals surface area contributed by atoms with Gasteiger partial charge in [-0.25, -0.2) is 0 Å². The van der Waals surface area contributed by atoms with Crippen molar-refractivity contribution in [2.24, 2.45) is 11.5 Å². The van der Waals surface area contributed by atoms with Crippen molar-refractivity contribution in [3.63, 3.8) is 0 Å². The van der Waals surface area contributed by atoms with Crippen molar-refractivity contribution in [1.82, 2.24) is 0 Å². The molecule has 0 aromatic carbocycles. The van der Waals surface area contributed by atoms with E-state index in [1.165, 1.54) is 13.8 Å². The van der Waals surface area contributed by atoms with E-state index in [4.69, 9.17) is 21.7 Å². The molecule has 2 unspecified atom stereocenters. The predicted molar refractivity (Wildman–Crippen MR) is 35.9 cm³/mol. The number of aliphatic hydroxyl groups is 2. The van der Waals surface area contributed by atoms with Crippen LogP contribution in [0.15, 0.2) is 0 Å². The third-order valence-corrected chi connectivity index (χ3v) is 0.584. The second kappa shape index (κ2) is 5.12. The van der Waals surface area contributed by atoms with Gasteiger partial charge in [0.2, 0.25) is 0 Å². The van der Waals surface area contributed by atoms with Gasteiger partial charge in [-0.1, -0.05) is 0 Å². The van der Waals surface area contributed by atoms with Crippen LogP contribution in [0.4, 0.5) is 0 Å². The zero-order chi connectivity index (χ0) is 7.71. The first-order valence-corrected chi connectivity index (χ1v) is 2.60. The standard InChI is InChI=1S/C5H13N2O2.Li.H2O/c1-4(6,8)3-5(2,7)9;;/h3,8-9H,6-7H2,1-2H3;;1H2/q;+1;/p-1. The van der Waals surface area contributed by atoms with E-state index in [1.54, 1.807) is 0 Å². The number of hydrogen-bond donors (Lipinski definition) is 4. The first-order chi connectivity index (χ1) is 3.71. The van der Waals surface area contributed by atoms with E-state index in [2.05, 4.69) is 0 Å². The molecule has 0 saturated carbocycles. The van der Waals surface area contributed by atoms with E-state index in [-0.39, 0.29) is 24.3 Å². The van der Waals surface area contributed by atoms with E-state index in [0.29, 0.717) is 0 Å². The molecular formula is C5H14LiN2O3. The predicted octanol–water partition coefficient (Wildman–Crippen LogP) is -4.65. The van der Waals surface area contributed by atoms with E-state index >= 15 is 0 Å². The molecule has 5 nitrogen and oxygen atoms in total. The first-order valence-electron chi connectivity index (χ1n) is 2.60. The van der Waals surface area contributed by atoms with Crippen LogP contribution in [-0.4, -0.2) is 27.1 Å². The number of rotatable bonds is 2. The number of hydrogen-bond acceptors (Lipinski definition) is 5. The minimum atomic E-state index is -1.52. The average molecular weight is 157 g/mol. The van der Waals surface area contributed by atoms with Gasteiger partial charge >= 0.3 is 18.9 Å². The van der Waals surface area contributed by atoms with Gasteiger partial charge in [-0.05, 0) is 13.8 Å². The number of nitrogens with two attached hydrogens (primary N) is 2. The van der Waals surface area contributed by atoms with Crippen molar-refractivity contribution in [2.75, 3.05) is 0 Å². The Morgan fingerprint density at radius 3 is 1.27 bits per heavy atom. The van der Waals surface area contributed by atoms with Crippen LogP contribution in [0.3, 0.4) is 0 Å². The Morgan fingerprint density at radius 1 is 1.09 bits per heavy atom. The Balaban J connectivity index is -0.000000320. The second-order valence-corrected chi connectivity index (χ2v) is 2.60. The van der Waals surface area contributed by atoms with Crippen LogP contribution in [0.5, 0.6) is 0 Å². The summed E-state index contributed by atoms with van der Waals surface area (Å²) in [5.41, 5.74) is 7.13. The van der Waals surface area contributed by atoms with Gasteiger partial charge in [0, 0.05) is 0 Å². The van der Waals surface area contributed by atoms with Gasteiger partial charge < -0.3 is 27.2 Å². The van der Waals surface area contributed by atoms with E-state index in [9.17, 15) is 0 Å². The van der Waals surface area contributed by atoms with E-state index in [1.807, 2.05) is 0 Å². The minimum Gasteiger partial charge on any atom is -0.870 e. The molecule has 0 bridgehead atoms. The summed E-state index contributed by atoms with van der Waals surface area (Å²) in [6.07, 6.45) is 1.04. The van der Waals surface area contributed by atoms with Crippen molar-refractivity contribution >= 4 is 0 Å². The summed E-state index contributed by atoms with van der Waals surface area (Å²) in [4.78, 5) is 0. The largest absolute Gasteiger partial charge is 1.00 e. The third kappa shape index (κ3) is 17.9. The summed E-state index contributed by atoms with van der Waals surface area (Å²) in [6.45, 7) is 2.66. The van der Waals surface area contributed by atoms with Gasteiger partial charge in [-0.2, -0.15) is 0 Å². The maximum Gasteiger partial charge on any atom is 1.00 e. The van der Waals surface area contributed by atoms with Gasteiger partial charge in [0.25, 0.3) is 0 Å². The van der Waals surface area contributed by atoms with Gasteiger partial charge in [-0.3, -0.25) is 0 Å². The quantitative estimate of drug-likeness (QED) is 0.237. The van der Waals surface area contributed by atoms with Crippen molar-refractivity contribution in [1.29, 1.82) is 0 Å². The third-order valence-electron chi connectivity index (χ3n) is 0.584. The van der Waals surface area contributed by atoms with Crippen LogP contribution in [0.2, 0.25) is 0 Å². The molecule has 0 aromatic heterocycles. The Labute approximate surface area is 78.2 Å². The second-order valence-electron chi connectivity index (χ2n) is 2.60. The summed E-state index contributed by atoms with van der Waals surface area (Å²) < 4.78 is 0. The van der Waals surface area contributed by atoms with E-state index < -0.39 is 11.4 Å². The summed E-state index contributed by atoms with van der Waals surface area (Å²) >= 11 is 0. The molecule has 0 fully saturated rings. The Morgan fingerprint density at radius 2 is 1.27 bits per heavy atom. The Hall–Kier alpha value is 0.397. The fourth-order valence-electron chi connectivity index (χ4n) is 0.592. The maximum atomic E-state index is 8.84. The monoisotopic (exact) mass is 157 g/mol. The van der Waals surface area contributed by atoms with Crippen LogP contribution in [-0.2, 0) is 0 Å². The molecule has 1 radical (unpaired) electrons. The summed E-state index contributed by atoms with van der Waals surface area (Å²) in [5.74, 6) is 0. The van der Waals surface area contributed by atoms with E-state index in [0.717, 1.165) is 6.42 Å². The molecule has 0 aromatic rings. The Bertz CT molecular complexity index is 84.9. The van der Waals surface area contributed by atoms with Gasteiger partial charge in [-0.15, -0.1) is 0 Å². The summed E-state index contributed by atoms with van der Waals surface area (Å²) in [7, 11) is 0. The SMILES string of the molecule is CC(N)(O)[CH]C(C)(N)O.[Li+].[OH-]. The van der Waals surface area contributed by atoms with Crippen LogP contribution in [0, 0.1) is 6.42 Å². The molecule has 7 N–H and O–H groups in total. The van der Waals surface area contributed by atoms with Crippen molar-refractivity contribution in [2.45, 2.75) is 25.3 Å². The zero-order valence-electron chi connectivity index (χ0n) is 7.07. The van der Waals surface area contributed by atoms with Crippen LogP contribution in [0.1, 0.15) is 13.8 Å². The summed E-state index contributed by atoms with van der Waals surface area (Å²) in [5, 5.41) is 17.7. The molecule has 0 spiro atoms. The average Bonchev–Trinajstić information content (AvgIpc) is 1.14. The maximum absolute atomic E-state index is 8.84. The molecule has 0 aliphatic rings. The van der Waals surface area contributed by atoms with Crippen molar-refractivity contribution < 1.29 is 34.5 Å². The normalized spacial score (nSPS) is 20.2. The molecule has 6 heteroatoms. The molecule has 0 heterocycles.